The number of anilines is 1. The van der Waals surface area contributed by atoms with Crippen LogP contribution in [0.25, 0.3) is 0 Å². The van der Waals surface area contributed by atoms with Crippen LogP contribution in [0, 0.1) is 13.8 Å². The number of carbonyl (C=O) groups is 1. The highest BCUT2D eigenvalue weighted by Crippen LogP contribution is 2.30. The average molecular weight is 283 g/mol. The van der Waals surface area contributed by atoms with Gasteiger partial charge in [-0.3, -0.25) is 4.79 Å². The minimum absolute atomic E-state index is 0.0878. The third-order valence-electron chi connectivity index (χ3n) is 2.83. The third kappa shape index (κ3) is 2.84. The molecule has 0 bridgehead atoms. The Hall–Kier alpha value is -2.24. The zero-order chi connectivity index (χ0) is 14.9. The largest absolute Gasteiger partial charge is 0.469 e. The standard InChI is InChI=1S/C14H12F3NO2/c1-8-7-20-9(2)12(8)13(19)18-11-5-3-4-10(6-11)14(15,16)17/h3-7H,1-2H3,(H,18,19). The van der Waals surface area contributed by atoms with Crippen LogP contribution >= 0.6 is 0 Å². The molecule has 0 fully saturated rings. The molecule has 3 nitrogen and oxygen atoms in total. The summed E-state index contributed by atoms with van der Waals surface area (Å²) >= 11 is 0. The SMILES string of the molecule is Cc1coc(C)c1C(=O)Nc1cccc(C(F)(F)F)c1. The Morgan fingerprint density at radius 3 is 2.50 bits per heavy atom. The molecule has 1 heterocycles. The van der Waals surface area contributed by atoms with Crippen molar-refractivity contribution in [2.75, 3.05) is 5.32 Å². The highest BCUT2D eigenvalue weighted by atomic mass is 19.4. The average Bonchev–Trinajstić information content (AvgIpc) is 2.68. The van der Waals surface area contributed by atoms with E-state index >= 15 is 0 Å². The third-order valence-corrected chi connectivity index (χ3v) is 2.83. The van der Waals surface area contributed by atoms with Crippen LogP contribution in [-0.2, 0) is 6.18 Å². The summed E-state index contributed by atoms with van der Waals surface area (Å²) in [6.07, 6.45) is -3.02. The van der Waals surface area contributed by atoms with Crippen LogP contribution in [0.5, 0.6) is 0 Å². The fourth-order valence-corrected chi connectivity index (χ4v) is 1.88. The Bertz CT molecular complexity index is 625. The van der Waals surface area contributed by atoms with Gasteiger partial charge in [0.05, 0.1) is 17.4 Å². The number of furan rings is 1. The van der Waals surface area contributed by atoms with E-state index in [-0.39, 0.29) is 5.69 Å². The molecule has 2 aromatic rings. The van der Waals surface area contributed by atoms with Crippen molar-refractivity contribution in [3.8, 4) is 0 Å². The molecule has 20 heavy (non-hydrogen) atoms. The molecule has 0 atom stereocenters. The number of aryl methyl sites for hydroxylation is 2. The molecular formula is C14H12F3NO2. The summed E-state index contributed by atoms with van der Waals surface area (Å²) in [6, 6.07) is 4.48. The van der Waals surface area contributed by atoms with Crippen molar-refractivity contribution >= 4 is 11.6 Å². The first-order valence-corrected chi connectivity index (χ1v) is 5.82. The van der Waals surface area contributed by atoms with E-state index < -0.39 is 17.6 Å². The first-order chi connectivity index (χ1) is 9.29. The maximum absolute atomic E-state index is 12.6. The quantitative estimate of drug-likeness (QED) is 0.898. The molecule has 0 spiro atoms. The van der Waals surface area contributed by atoms with Gasteiger partial charge in [0, 0.05) is 11.3 Å². The van der Waals surface area contributed by atoms with Gasteiger partial charge in [-0.05, 0) is 32.0 Å². The number of nitrogens with one attached hydrogen (secondary N) is 1. The van der Waals surface area contributed by atoms with Crippen molar-refractivity contribution in [1.29, 1.82) is 0 Å². The van der Waals surface area contributed by atoms with Gasteiger partial charge in [-0.2, -0.15) is 13.2 Å². The highest BCUT2D eigenvalue weighted by molar-refractivity contribution is 6.05. The van der Waals surface area contributed by atoms with E-state index in [1.807, 2.05) is 0 Å². The minimum Gasteiger partial charge on any atom is -0.469 e. The van der Waals surface area contributed by atoms with E-state index in [4.69, 9.17) is 4.42 Å². The number of rotatable bonds is 2. The Labute approximate surface area is 113 Å². The summed E-state index contributed by atoms with van der Waals surface area (Å²) in [4.78, 5) is 12.0. The van der Waals surface area contributed by atoms with Gasteiger partial charge in [-0.1, -0.05) is 6.07 Å². The normalized spacial score (nSPS) is 11.4. The molecule has 0 saturated carbocycles. The van der Waals surface area contributed by atoms with Crippen LogP contribution in [0.4, 0.5) is 18.9 Å². The van der Waals surface area contributed by atoms with Crippen LogP contribution in [0.1, 0.15) is 27.2 Å². The molecule has 2 rings (SSSR count). The van der Waals surface area contributed by atoms with Crippen molar-refractivity contribution in [2.45, 2.75) is 20.0 Å². The van der Waals surface area contributed by atoms with Crippen LogP contribution in [0.3, 0.4) is 0 Å². The second-order valence-corrected chi connectivity index (χ2v) is 4.38. The summed E-state index contributed by atoms with van der Waals surface area (Å²) in [7, 11) is 0. The molecule has 0 aliphatic carbocycles. The van der Waals surface area contributed by atoms with Crippen LogP contribution < -0.4 is 5.32 Å². The molecule has 0 aliphatic heterocycles. The van der Waals surface area contributed by atoms with Crippen LogP contribution in [0.15, 0.2) is 34.9 Å². The van der Waals surface area contributed by atoms with E-state index in [1.54, 1.807) is 13.8 Å². The van der Waals surface area contributed by atoms with E-state index in [0.717, 1.165) is 12.1 Å². The maximum Gasteiger partial charge on any atom is 0.416 e. The van der Waals surface area contributed by atoms with Gasteiger partial charge in [-0.15, -0.1) is 0 Å². The molecule has 0 radical (unpaired) electrons. The van der Waals surface area contributed by atoms with Gasteiger partial charge in [0.2, 0.25) is 0 Å². The van der Waals surface area contributed by atoms with Gasteiger partial charge in [0.25, 0.3) is 5.91 Å². The topological polar surface area (TPSA) is 42.2 Å². The molecule has 1 aromatic carbocycles. The molecule has 1 N–H and O–H groups in total. The highest BCUT2D eigenvalue weighted by Gasteiger charge is 2.30. The van der Waals surface area contributed by atoms with Crippen molar-refractivity contribution in [1.82, 2.24) is 0 Å². The summed E-state index contributed by atoms with van der Waals surface area (Å²) in [5, 5.41) is 2.44. The second-order valence-electron chi connectivity index (χ2n) is 4.38. The van der Waals surface area contributed by atoms with Crippen molar-refractivity contribution < 1.29 is 22.4 Å². The van der Waals surface area contributed by atoms with E-state index in [9.17, 15) is 18.0 Å². The first-order valence-electron chi connectivity index (χ1n) is 5.82. The summed E-state index contributed by atoms with van der Waals surface area (Å²) in [5.41, 5.74) is 0.246. The molecule has 6 heteroatoms. The van der Waals surface area contributed by atoms with Gasteiger partial charge < -0.3 is 9.73 Å². The lowest BCUT2D eigenvalue weighted by Crippen LogP contribution is -2.14. The second kappa shape index (κ2) is 5.03. The number of halogens is 3. The summed E-state index contributed by atoms with van der Waals surface area (Å²) in [6.45, 7) is 3.31. The number of hydrogen-bond donors (Lipinski definition) is 1. The lowest BCUT2D eigenvalue weighted by Gasteiger charge is -2.10. The number of carbonyl (C=O) groups excluding carboxylic acids is 1. The predicted molar refractivity (Wildman–Crippen MR) is 67.6 cm³/mol. The Morgan fingerprint density at radius 1 is 1.25 bits per heavy atom. The monoisotopic (exact) mass is 283 g/mol. The van der Waals surface area contributed by atoms with Crippen molar-refractivity contribution in [2.24, 2.45) is 0 Å². The van der Waals surface area contributed by atoms with E-state index in [2.05, 4.69) is 5.32 Å². The molecule has 1 aromatic heterocycles. The summed E-state index contributed by atoms with van der Waals surface area (Å²) in [5.74, 6) is -0.0694. The van der Waals surface area contributed by atoms with E-state index in [0.29, 0.717) is 16.9 Å². The molecule has 0 aliphatic rings. The van der Waals surface area contributed by atoms with Crippen molar-refractivity contribution in [3.63, 3.8) is 0 Å². The molecule has 0 saturated heterocycles. The Kier molecular flexibility index (Phi) is 3.57. The fourth-order valence-electron chi connectivity index (χ4n) is 1.88. The Balaban J connectivity index is 2.25. The predicted octanol–water partition coefficient (Wildman–Crippen LogP) is 4.17. The van der Waals surface area contributed by atoms with Gasteiger partial charge in [0.15, 0.2) is 0 Å². The van der Waals surface area contributed by atoms with Gasteiger partial charge in [-0.25, -0.2) is 0 Å². The van der Waals surface area contributed by atoms with Crippen LogP contribution in [-0.4, -0.2) is 5.91 Å². The minimum atomic E-state index is -4.44. The molecule has 106 valence electrons. The lowest BCUT2D eigenvalue weighted by atomic mass is 10.1. The molecule has 0 unspecified atom stereocenters. The smallest absolute Gasteiger partial charge is 0.416 e. The van der Waals surface area contributed by atoms with E-state index in [1.165, 1.54) is 18.4 Å². The number of benzene rings is 1. The lowest BCUT2D eigenvalue weighted by molar-refractivity contribution is -0.137. The van der Waals surface area contributed by atoms with Crippen molar-refractivity contribution in [3.05, 3.63) is 53.0 Å². The zero-order valence-corrected chi connectivity index (χ0v) is 10.8. The number of amides is 1. The Morgan fingerprint density at radius 2 is 1.95 bits per heavy atom. The number of hydrogen-bond acceptors (Lipinski definition) is 2. The first kappa shape index (κ1) is 14.2. The van der Waals surface area contributed by atoms with Gasteiger partial charge >= 0.3 is 6.18 Å². The van der Waals surface area contributed by atoms with Crippen LogP contribution in [0.2, 0.25) is 0 Å². The zero-order valence-electron chi connectivity index (χ0n) is 10.8. The molecular weight excluding hydrogens is 271 g/mol. The van der Waals surface area contributed by atoms with Gasteiger partial charge in [0.1, 0.15) is 5.76 Å². The number of alkyl halides is 3. The molecule has 1 amide bonds. The fraction of sp³-hybridized carbons (Fsp3) is 0.214. The summed E-state index contributed by atoms with van der Waals surface area (Å²) < 4.78 is 42.8. The maximum atomic E-state index is 12.6.